The zero-order valence-electron chi connectivity index (χ0n) is 18.6. The minimum absolute atomic E-state index is 0.135. The molecule has 0 spiro atoms. The molecule has 2 aromatic rings. The standard InChI is InChI=1S/C24H31N3O4/c1-5-27(23(30)31-24(2,3)4)17-19-13-9-10-14-20(19)26-22(29)16-25-21(28)15-18-11-7-6-8-12-18/h6-14H,5,15-17H2,1-4H3,(H,25,28)(H,26,29). The summed E-state index contributed by atoms with van der Waals surface area (Å²) in [5.41, 5.74) is 1.66. The number of amides is 3. The van der Waals surface area contributed by atoms with Gasteiger partial charge < -0.3 is 20.3 Å². The van der Waals surface area contributed by atoms with Gasteiger partial charge in [-0.15, -0.1) is 0 Å². The van der Waals surface area contributed by atoms with Gasteiger partial charge in [-0.25, -0.2) is 4.79 Å². The van der Waals surface area contributed by atoms with E-state index in [0.29, 0.717) is 18.8 Å². The molecule has 0 aliphatic rings. The summed E-state index contributed by atoms with van der Waals surface area (Å²) in [5.74, 6) is -0.564. The Morgan fingerprint density at radius 1 is 0.935 bits per heavy atom. The van der Waals surface area contributed by atoms with Crippen LogP contribution in [-0.2, 0) is 27.3 Å². The Balaban J connectivity index is 1.94. The van der Waals surface area contributed by atoms with Gasteiger partial charge in [0.2, 0.25) is 11.8 Å². The third kappa shape index (κ3) is 8.50. The Labute approximate surface area is 183 Å². The van der Waals surface area contributed by atoms with Crippen molar-refractivity contribution in [3.05, 3.63) is 65.7 Å². The van der Waals surface area contributed by atoms with Gasteiger partial charge in [-0.3, -0.25) is 9.59 Å². The molecule has 166 valence electrons. The fourth-order valence-electron chi connectivity index (χ4n) is 2.83. The van der Waals surface area contributed by atoms with E-state index < -0.39 is 11.7 Å². The Morgan fingerprint density at radius 3 is 2.23 bits per heavy atom. The normalized spacial score (nSPS) is 10.8. The fourth-order valence-corrected chi connectivity index (χ4v) is 2.83. The third-order valence-electron chi connectivity index (χ3n) is 4.34. The van der Waals surface area contributed by atoms with Crippen LogP contribution >= 0.6 is 0 Å². The van der Waals surface area contributed by atoms with Crippen molar-refractivity contribution < 1.29 is 19.1 Å². The summed E-state index contributed by atoms with van der Waals surface area (Å²) in [6.07, 6.45) is -0.198. The summed E-state index contributed by atoms with van der Waals surface area (Å²) in [5, 5.41) is 5.44. The van der Waals surface area contributed by atoms with Gasteiger partial charge in [-0.2, -0.15) is 0 Å². The Kier molecular flexibility index (Phi) is 8.61. The van der Waals surface area contributed by atoms with E-state index in [4.69, 9.17) is 4.74 Å². The smallest absolute Gasteiger partial charge is 0.410 e. The summed E-state index contributed by atoms with van der Waals surface area (Å²) in [6, 6.07) is 16.6. The molecule has 0 radical (unpaired) electrons. The number of rotatable bonds is 8. The molecule has 0 aromatic heterocycles. The van der Waals surface area contributed by atoms with Gasteiger partial charge in [0.25, 0.3) is 0 Å². The second kappa shape index (κ2) is 11.2. The number of nitrogens with one attached hydrogen (secondary N) is 2. The first kappa shape index (κ1) is 23.9. The van der Waals surface area contributed by atoms with Crippen molar-refractivity contribution >= 4 is 23.6 Å². The molecule has 0 saturated heterocycles. The number of hydrogen-bond donors (Lipinski definition) is 2. The van der Waals surface area contributed by atoms with Crippen molar-refractivity contribution in [3.8, 4) is 0 Å². The predicted octanol–water partition coefficient (Wildman–Crippen LogP) is 3.74. The van der Waals surface area contributed by atoms with Crippen LogP contribution in [0.3, 0.4) is 0 Å². The summed E-state index contributed by atoms with van der Waals surface area (Å²) in [7, 11) is 0. The largest absolute Gasteiger partial charge is 0.444 e. The third-order valence-corrected chi connectivity index (χ3v) is 4.34. The van der Waals surface area contributed by atoms with Gasteiger partial charge in [-0.05, 0) is 44.9 Å². The number of ether oxygens (including phenoxy) is 1. The molecule has 0 fully saturated rings. The van der Waals surface area contributed by atoms with Crippen molar-refractivity contribution in [1.82, 2.24) is 10.2 Å². The molecule has 2 rings (SSSR count). The average Bonchev–Trinajstić information content (AvgIpc) is 2.71. The van der Waals surface area contributed by atoms with Crippen LogP contribution in [-0.4, -0.2) is 41.5 Å². The van der Waals surface area contributed by atoms with Crippen LogP contribution in [0.1, 0.15) is 38.8 Å². The first-order valence-corrected chi connectivity index (χ1v) is 10.3. The highest BCUT2D eigenvalue weighted by Crippen LogP contribution is 2.19. The molecule has 0 bridgehead atoms. The molecule has 0 heterocycles. The molecule has 0 atom stereocenters. The molecule has 0 aliphatic carbocycles. The number of para-hydroxylation sites is 1. The monoisotopic (exact) mass is 425 g/mol. The van der Waals surface area contributed by atoms with E-state index in [0.717, 1.165) is 11.1 Å². The van der Waals surface area contributed by atoms with Crippen LogP contribution in [0.15, 0.2) is 54.6 Å². The molecule has 0 aliphatic heterocycles. The summed E-state index contributed by atoms with van der Waals surface area (Å²) in [4.78, 5) is 38.4. The number of anilines is 1. The van der Waals surface area contributed by atoms with E-state index in [9.17, 15) is 14.4 Å². The van der Waals surface area contributed by atoms with E-state index in [1.807, 2.05) is 70.2 Å². The lowest BCUT2D eigenvalue weighted by atomic mass is 10.1. The number of hydrogen-bond acceptors (Lipinski definition) is 4. The maximum absolute atomic E-state index is 12.4. The van der Waals surface area contributed by atoms with Crippen molar-refractivity contribution in [2.45, 2.75) is 46.3 Å². The van der Waals surface area contributed by atoms with Gasteiger partial charge >= 0.3 is 6.09 Å². The van der Waals surface area contributed by atoms with Crippen LogP contribution in [0.2, 0.25) is 0 Å². The first-order valence-electron chi connectivity index (χ1n) is 10.3. The molecule has 7 nitrogen and oxygen atoms in total. The van der Waals surface area contributed by atoms with Gasteiger partial charge in [0.15, 0.2) is 0 Å². The van der Waals surface area contributed by atoms with Gasteiger partial charge in [0.05, 0.1) is 19.5 Å². The maximum atomic E-state index is 12.4. The summed E-state index contributed by atoms with van der Waals surface area (Å²) < 4.78 is 5.45. The van der Waals surface area contributed by atoms with Crippen molar-refractivity contribution in [3.63, 3.8) is 0 Å². The Morgan fingerprint density at radius 2 is 1.58 bits per heavy atom. The topological polar surface area (TPSA) is 87.7 Å². The predicted molar refractivity (Wildman–Crippen MR) is 121 cm³/mol. The van der Waals surface area contributed by atoms with Crippen molar-refractivity contribution in [1.29, 1.82) is 0 Å². The van der Waals surface area contributed by atoms with Crippen LogP contribution < -0.4 is 10.6 Å². The van der Waals surface area contributed by atoms with Crippen LogP contribution in [0, 0.1) is 0 Å². The summed E-state index contributed by atoms with van der Waals surface area (Å²) >= 11 is 0. The second-order valence-corrected chi connectivity index (χ2v) is 8.14. The van der Waals surface area contributed by atoms with Gasteiger partial charge in [-0.1, -0.05) is 48.5 Å². The van der Waals surface area contributed by atoms with Crippen molar-refractivity contribution in [2.24, 2.45) is 0 Å². The van der Waals surface area contributed by atoms with E-state index in [1.165, 1.54) is 0 Å². The van der Waals surface area contributed by atoms with Crippen LogP contribution in [0.4, 0.5) is 10.5 Å². The molecule has 31 heavy (non-hydrogen) atoms. The van der Waals surface area contributed by atoms with E-state index in [-0.39, 0.29) is 24.8 Å². The number of nitrogens with zero attached hydrogens (tertiary/aromatic N) is 1. The lowest BCUT2D eigenvalue weighted by Crippen LogP contribution is -2.37. The fraction of sp³-hybridized carbons (Fsp3) is 0.375. The van der Waals surface area contributed by atoms with E-state index in [2.05, 4.69) is 10.6 Å². The van der Waals surface area contributed by atoms with E-state index >= 15 is 0 Å². The zero-order valence-corrected chi connectivity index (χ0v) is 18.6. The van der Waals surface area contributed by atoms with Crippen LogP contribution in [0.5, 0.6) is 0 Å². The highest BCUT2D eigenvalue weighted by Gasteiger charge is 2.22. The minimum Gasteiger partial charge on any atom is -0.444 e. The summed E-state index contributed by atoms with van der Waals surface area (Å²) in [6.45, 7) is 7.95. The first-order chi connectivity index (χ1) is 14.7. The molecule has 3 amide bonds. The Hall–Kier alpha value is -3.35. The molecular weight excluding hydrogens is 394 g/mol. The highest BCUT2D eigenvalue weighted by molar-refractivity contribution is 5.95. The Bertz CT molecular complexity index is 891. The lowest BCUT2D eigenvalue weighted by molar-refractivity contribution is -0.123. The molecular formula is C24H31N3O4. The number of benzene rings is 2. The van der Waals surface area contributed by atoms with Crippen molar-refractivity contribution in [2.75, 3.05) is 18.4 Å². The molecule has 0 saturated carbocycles. The molecule has 2 aromatic carbocycles. The molecule has 2 N–H and O–H groups in total. The quantitative estimate of drug-likeness (QED) is 0.674. The lowest BCUT2D eigenvalue weighted by Gasteiger charge is -2.27. The van der Waals surface area contributed by atoms with E-state index in [1.54, 1.807) is 17.0 Å². The molecule has 0 unspecified atom stereocenters. The highest BCUT2D eigenvalue weighted by atomic mass is 16.6. The zero-order chi connectivity index (χ0) is 22.9. The average molecular weight is 426 g/mol. The molecule has 7 heteroatoms. The second-order valence-electron chi connectivity index (χ2n) is 8.14. The SMILES string of the molecule is CCN(Cc1ccccc1NC(=O)CNC(=O)Cc1ccccc1)C(=O)OC(C)(C)C. The number of carbonyl (C=O) groups excluding carboxylic acids is 3. The van der Waals surface area contributed by atoms with Gasteiger partial charge in [0, 0.05) is 12.2 Å². The van der Waals surface area contributed by atoms with Gasteiger partial charge in [0.1, 0.15) is 5.60 Å². The maximum Gasteiger partial charge on any atom is 0.410 e. The minimum atomic E-state index is -0.587. The van der Waals surface area contributed by atoms with Crippen LogP contribution in [0.25, 0.3) is 0 Å². The number of carbonyl (C=O) groups is 3.